The van der Waals surface area contributed by atoms with E-state index in [9.17, 15) is 0 Å². The van der Waals surface area contributed by atoms with Crippen LogP contribution in [0, 0.1) is 0 Å². The van der Waals surface area contributed by atoms with Crippen molar-refractivity contribution in [2.45, 2.75) is 6.42 Å². The molecule has 70 valence electrons. The molecule has 1 aromatic heterocycles. The zero-order chi connectivity index (χ0) is 9.68. The summed E-state index contributed by atoms with van der Waals surface area (Å²) in [5, 5.41) is 0.362. The predicted octanol–water partition coefficient (Wildman–Crippen LogP) is 1.07. The highest BCUT2D eigenvalue weighted by molar-refractivity contribution is 6.30. The lowest BCUT2D eigenvalue weighted by atomic mass is 10.3. The molecule has 0 aliphatic heterocycles. The highest BCUT2D eigenvalue weighted by Crippen LogP contribution is 2.14. The van der Waals surface area contributed by atoms with E-state index < -0.39 is 0 Å². The fourth-order valence-corrected chi connectivity index (χ4v) is 1.000. The summed E-state index contributed by atoms with van der Waals surface area (Å²) >= 11 is 5.79. The average Bonchev–Trinajstić information content (AvgIpc) is 2.09. The molecule has 0 radical (unpaired) electrons. The quantitative estimate of drug-likeness (QED) is 0.713. The van der Waals surface area contributed by atoms with Gasteiger partial charge in [-0.25, -0.2) is 9.97 Å². The third-order valence-electron chi connectivity index (χ3n) is 1.42. The molecule has 0 aliphatic rings. The van der Waals surface area contributed by atoms with Crippen LogP contribution in [-0.4, -0.2) is 16.5 Å². The fourth-order valence-electron chi connectivity index (χ4n) is 0.801. The van der Waals surface area contributed by atoms with Crippen LogP contribution >= 0.6 is 11.6 Å². The van der Waals surface area contributed by atoms with Crippen LogP contribution in [0.4, 0.5) is 5.95 Å². The largest absolute Gasteiger partial charge is 0.368 e. The molecule has 0 bridgehead atoms. The Morgan fingerprint density at radius 3 is 2.92 bits per heavy atom. The van der Waals surface area contributed by atoms with Gasteiger partial charge in [-0.2, -0.15) is 0 Å². The number of nitrogens with zero attached hydrogens (tertiary/aromatic N) is 2. The highest BCUT2D eigenvalue weighted by atomic mass is 35.5. The van der Waals surface area contributed by atoms with E-state index in [1.54, 1.807) is 6.20 Å². The molecule has 0 saturated carbocycles. The van der Waals surface area contributed by atoms with Gasteiger partial charge in [0.2, 0.25) is 5.95 Å². The molecule has 4 nitrogen and oxygen atoms in total. The molecule has 13 heavy (non-hydrogen) atoms. The number of hydrogen-bond donors (Lipinski definition) is 2. The van der Waals surface area contributed by atoms with Crippen LogP contribution in [0.2, 0.25) is 5.15 Å². The maximum Gasteiger partial charge on any atom is 0.221 e. The first-order valence-electron chi connectivity index (χ1n) is 3.88. The molecule has 1 aromatic rings. The summed E-state index contributed by atoms with van der Waals surface area (Å²) in [6.07, 6.45) is 6.13. The molecule has 5 heteroatoms. The first kappa shape index (κ1) is 9.95. The Morgan fingerprint density at radius 1 is 1.54 bits per heavy atom. The van der Waals surface area contributed by atoms with Crippen molar-refractivity contribution in [2.24, 2.45) is 5.73 Å². The number of nitrogen functional groups attached to an aromatic ring is 1. The number of nitrogens with two attached hydrogens (primary N) is 2. The lowest BCUT2D eigenvalue weighted by Crippen LogP contribution is -1.96. The van der Waals surface area contributed by atoms with Crippen LogP contribution in [0.1, 0.15) is 12.0 Å². The topological polar surface area (TPSA) is 77.8 Å². The molecule has 0 aromatic carbocycles. The monoisotopic (exact) mass is 198 g/mol. The normalized spacial score (nSPS) is 10.9. The van der Waals surface area contributed by atoms with Gasteiger partial charge in [-0.05, 0) is 13.0 Å². The van der Waals surface area contributed by atoms with Gasteiger partial charge in [0, 0.05) is 11.8 Å². The van der Waals surface area contributed by atoms with Crippen LogP contribution in [0.15, 0.2) is 12.3 Å². The standard InChI is InChI=1S/C8H11ClN4/c9-7-6(3-1-2-4-10)5-12-8(11)13-7/h1,3,5H,2,4,10H2,(H2,11,12,13). The van der Waals surface area contributed by atoms with E-state index in [1.807, 2.05) is 12.2 Å². The number of hydrogen-bond acceptors (Lipinski definition) is 4. The second-order valence-corrected chi connectivity index (χ2v) is 2.81. The summed E-state index contributed by atoms with van der Waals surface area (Å²) in [7, 11) is 0. The van der Waals surface area contributed by atoms with Crippen molar-refractivity contribution >= 4 is 23.6 Å². The van der Waals surface area contributed by atoms with Crippen LogP contribution in [0.25, 0.3) is 6.08 Å². The van der Waals surface area contributed by atoms with Gasteiger partial charge in [0.1, 0.15) is 5.15 Å². The van der Waals surface area contributed by atoms with Crippen molar-refractivity contribution in [2.75, 3.05) is 12.3 Å². The van der Waals surface area contributed by atoms with Crippen LogP contribution < -0.4 is 11.5 Å². The molecule has 0 unspecified atom stereocenters. The molecule has 0 spiro atoms. The Balaban J connectivity index is 2.77. The van der Waals surface area contributed by atoms with Crippen LogP contribution in [-0.2, 0) is 0 Å². The predicted molar refractivity (Wildman–Crippen MR) is 54.2 cm³/mol. The van der Waals surface area contributed by atoms with Crippen LogP contribution in [0.3, 0.4) is 0 Å². The van der Waals surface area contributed by atoms with E-state index in [0.717, 1.165) is 12.0 Å². The van der Waals surface area contributed by atoms with Gasteiger partial charge >= 0.3 is 0 Å². The minimum Gasteiger partial charge on any atom is -0.368 e. The van der Waals surface area contributed by atoms with E-state index in [4.69, 9.17) is 23.1 Å². The summed E-state index contributed by atoms with van der Waals surface area (Å²) < 4.78 is 0. The number of rotatable bonds is 3. The summed E-state index contributed by atoms with van der Waals surface area (Å²) in [6, 6.07) is 0. The summed E-state index contributed by atoms with van der Waals surface area (Å²) in [5.74, 6) is 0.181. The third kappa shape index (κ3) is 3.01. The Labute approximate surface area is 81.6 Å². The number of anilines is 1. The van der Waals surface area contributed by atoms with E-state index in [1.165, 1.54) is 0 Å². The van der Waals surface area contributed by atoms with Gasteiger partial charge < -0.3 is 11.5 Å². The van der Waals surface area contributed by atoms with Gasteiger partial charge in [0.25, 0.3) is 0 Å². The average molecular weight is 199 g/mol. The van der Waals surface area contributed by atoms with E-state index in [-0.39, 0.29) is 5.95 Å². The maximum atomic E-state index is 5.79. The van der Waals surface area contributed by atoms with Crippen LogP contribution in [0.5, 0.6) is 0 Å². The molecule has 0 fully saturated rings. The Morgan fingerprint density at radius 2 is 2.31 bits per heavy atom. The zero-order valence-corrected chi connectivity index (χ0v) is 7.83. The molecule has 1 rings (SSSR count). The van der Waals surface area contributed by atoms with Crippen molar-refractivity contribution < 1.29 is 0 Å². The second-order valence-electron chi connectivity index (χ2n) is 2.45. The van der Waals surface area contributed by atoms with E-state index in [2.05, 4.69) is 9.97 Å². The SMILES string of the molecule is NCCC=Cc1cnc(N)nc1Cl. The van der Waals surface area contributed by atoms with Gasteiger partial charge in [-0.15, -0.1) is 0 Å². The molecular formula is C8H11ClN4. The fraction of sp³-hybridized carbons (Fsp3) is 0.250. The van der Waals surface area contributed by atoms with Crippen molar-refractivity contribution in [3.63, 3.8) is 0 Å². The first-order valence-corrected chi connectivity index (χ1v) is 4.26. The third-order valence-corrected chi connectivity index (χ3v) is 1.72. The Bertz CT molecular complexity index is 311. The van der Waals surface area contributed by atoms with Gasteiger partial charge in [0.05, 0.1) is 0 Å². The minimum absolute atomic E-state index is 0.181. The number of halogens is 1. The maximum absolute atomic E-state index is 5.79. The van der Waals surface area contributed by atoms with E-state index >= 15 is 0 Å². The first-order chi connectivity index (χ1) is 6.24. The van der Waals surface area contributed by atoms with E-state index in [0.29, 0.717) is 11.7 Å². The molecule has 0 amide bonds. The lowest BCUT2D eigenvalue weighted by molar-refractivity contribution is 1.01. The summed E-state index contributed by atoms with van der Waals surface area (Å²) in [6.45, 7) is 0.615. The smallest absolute Gasteiger partial charge is 0.221 e. The molecule has 0 saturated heterocycles. The van der Waals surface area contributed by atoms with Crippen molar-refractivity contribution in [3.05, 3.63) is 23.0 Å². The van der Waals surface area contributed by atoms with Gasteiger partial charge in [-0.1, -0.05) is 23.8 Å². The Kier molecular flexibility index (Phi) is 3.67. The summed E-state index contributed by atoms with van der Waals surface area (Å²) in [5.41, 5.74) is 11.4. The number of aromatic nitrogens is 2. The van der Waals surface area contributed by atoms with Gasteiger partial charge in [0.15, 0.2) is 0 Å². The van der Waals surface area contributed by atoms with Crippen molar-refractivity contribution in [1.29, 1.82) is 0 Å². The Hall–Kier alpha value is -1.13. The molecule has 4 N–H and O–H groups in total. The molecule has 1 heterocycles. The highest BCUT2D eigenvalue weighted by Gasteiger charge is 1.98. The van der Waals surface area contributed by atoms with Crippen molar-refractivity contribution in [1.82, 2.24) is 9.97 Å². The van der Waals surface area contributed by atoms with Gasteiger partial charge in [-0.3, -0.25) is 0 Å². The summed E-state index contributed by atoms with van der Waals surface area (Å²) in [4.78, 5) is 7.62. The van der Waals surface area contributed by atoms with Crippen molar-refractivity contribution in [3.8, 4) is 0 Å². The molecular weight excluding hydrogens is 188 g/mol. The molecule has 0 atom stereocenters. The molecule has 0 aliphatic carbocycles. The zero-order valence-electron chi connectivity index (χ0n) is 7.07. The minimum atomic E-state index is 0.181. The second kappa shape index (κ2) is 4.79. The lowest BCUT2D eigenvalue weighted by Gasteiger charge is -1.97.